The van der Waals surface area contributed by atoms with Gasteiger partial charge in [0.2, 0.25) is 0 Å². The van der Waals surface area contributed by atoms with E-state index >= 15 is 0 Å². The predicted octanol–water partition coefficient (Wildman–Crippen LogP) is 2.63. The zero-order valence-corrected chi connectivity index (χ0v) is 8.34. The molecule has 0 rings (SSSR count). The van der Waals surface area contributed by atoms with Gasteiger partial charge in [0.05, 0.1) is 0 Å². The average molecular weight is 194 g/mol. The van der Waals surface area contributed by atoms with Crippen molar-refractivity contribution in [2.24, 2.45) is 17.8 Å². The Hall–Kier alpha value is -0.670. The summed E-state index contributed by atoms with van der Waals surface area (Å²) < 4.78 is 26.7. The van der Waals surface area contributed by atoms with Crippen LogP contribution in [0.15, 0.2) is 0 Å². The number of carboxylic acid groups (broad SMARTS) is 1. The van der Waals surface area contributed by atoms with Gasteiger partial charge in [-0.05, 0) is 5.92 Å². The third kappa shape index (κ3) is 2.64. The minimum atomic E-state index is -3.14. The van der Waals surface area contributed by atoms with Gasteiger partial charge in [-0.15, -0.1) is 0 Å². The van der Waals surface area contributed by atoms with Crippen molar-refractivity contribution >= 4 is 5.97 Å². The molecule has 0 aromatic carbocycles. The van der Waals surface area contributed by atoms with Crippen LogP contribution in [-0.2, 0) is 4.79 Å². The van der Waals surface area contributed by atoms with Gasteiger partial charge in [0.25, 0.3) is 5.92 Å². The van der Waals surface area contributed by atoms with Crippen LogP contribution in [-0.4, -0.2) is 17.0 Å². The highest BCUT2D eigenvalue weighted by Crippen LogP contribution is 2.36. The largest absolute Gasteiger partial charge is 0.481 e. The summed E-state index contributed by atoms with van der Waals surface area (Å²) in [6.45, 7) is 5.65. The molecule has 1 unspecified atom stereocenters. The van der Waals surface area contributed by atoms with Crippen LogP contribution < -0.4 is 0 Å². The molecule has 0 radical (unpaired) electrons. The first-order valence-corrected chi connectivity index (χ1v) is 4.31. The van der Waals surface area contributed by atoms with E-state index in [9.17, 15) is 13.6 Å². The monoisotopic (exact) mass is 194 g/mol. The predicted molar refractivity (Wildman–Crippen MR) is 45.7 cm³/mol. The Labute approximate surface area is 76.9 Å². The molecule has 1 N–H and O–H groups in total. The minimum absolute atomic E-state index is 0.560. The quantitative estimate of drug-likeness (QED) is 0.747. The zero-order chi connectivity index (χ0) is 10.8. The van der Waals surface area contributed by atoms with Crippen LogP contribution in [0.5, 0.6) is 0 Å². The second-order valence-electron chi connectivity index (χ2n) is 3.89. The van der Waals surface area contributed by atoms with Crippen molar-refractivity contribution < 1.29 is 18.7 Å². The molecule has 4 heteroatoms. The molecule has 0 bridgehead atoms. The molecule has 0 aliphatic heterocycles. The summed E-state index contributed by atoms with van der Waals surface area (Å²) in [6, 6.07) is 0. The molecule has 0 aliphatic carbocycles. The van der Waals surface area contributed by atoms with Crippen LogP contribution in [0.25, 0.3) is 0 Å². The van der Waals surface area contributed by atoms with E-state index in [2.05, 4.69) is 0 Å². The summed E-state index contributed by atoms with van der Waals surface area (Å²) in [4.78, 5) is 10.6. The molecular formula is C9H16F2O2. The molecule has 0 saturated carbocycles. The number of carboxylic acids is 1. The second kappa shape index (κ2) is 4.03. The summed E-state index contributed by atoms with van der Waals surface area (Å²) in [5.41, 5.74) is 0. The third-order valence-corrected chi connectivity index (χ3v) is 2.12. The molecule has 78 valence electrons. The van der Waals surface area contributed by atoms with Crippen molar-refractivity contribution in [3.63, 3.8) is 0 Å². The lowest BCUT2D eigenvalue weighted by Crippen LogP contribution is -2.42. The van der Waals surface area contributed by atoms with Crippen LogP contribution in [0.2, 0.25) is 0 Å². The molecule has 0 amide bonds. The Bertz CT molecular complexity index is 188. The number of aliphatic carboxylic acids is 1. The highest BCUT2D eigenvalue weighted by Gasteiger charge is 2.48. The van der Waals surface area contributed by atoms with E-state index in [1.54, 1.807) is 0 Å². The number of rotatable bonds is 4. The standard InChI is InChI=1S/C9H16F2O2/c1-5(2)7(8(12)13)9(10,11)6(3)4/h5-7H,1-4H3,(H,12,13). The average Bonchev–Trinajstić information content (AvgIpc) is 1.82. The van der Waals surface area contributed by atoms with Crippen molar-refractivity contribution in [2.75, 3.05) is 0 Å². The van der Waals surface area contributed by atoms with Crippen LogP contribution in [0, 0.1) is 17.8 Å². The Kier molecular flexibility index (Phi) is 3.82. The summed E-state index contributed by atoms with van der Waals surface area (Å²) >= 11 is 0. The Morgan fingerprint density at radius 3 is 1.69 bits per heavy atom. The first-order valence-electron chi connectivity index (χ1n) is 4.31. The number of hydrogen-bond acceptors (Lipinski definition) is 1. The molecule has 2 nitrogen and oxygen atoms in total. The van der Waals surface area contributed by atoms with Crippen molar-refractivity contribution in [2.45, 2.75) is 33.6 Å². The molecule has 0 fully saturated rings. The minimum Gasteiger partial charge on any atom is -0.481 e. The van der Waals surface area contributed by atoms with E-state index < -0.39 is 29.6 Å². The lowest BCUT2D eigenvalue weighted by molar-refractivity contribution is -0.169. The van der Waals surface area contributed by atoms with E-state index in [-0.39, 0.29) is 0 Å². The molecule has 1 atom stereocenters. The normalized spacial score (nSPS) is 15.1. The molecule has 0 saturated heterocycles. The molecule has 0 spiro atoms. The van der Waals surface area contributed by atoms with Crippen molar-refractivity contribution in [3.8, 4) is 0 Å². The van der Waals surface area contributed by atoms with E-state index in [0.717, 1.165) is 0 Å². The molecule has 0 aromatic rings. The third-order valence-electron chi connectivity index (χ3n) is 2.12. The number of hydrogen-bond donors (Lipinski definition) is 1. The van der Waals surface area contributed by atoms with E-state index in [0.29, 0.717) is 0 Å². The van der Waals surface area contributed by atoms with Crippen molar-refractivity contribution in [3.05, 3.63) is 0 Å². The summed E-state index contributed by atoms with van der Waals surface area (Å²) in [5.74, 6) is -7.66. The molecule has 13 heavy (non-hydrogen) atoms. The number of carbonyl (C=O) groups is 1. The fourth-order valence-electron chi connectivity index (χ4n) is 1.25. The van der Waals surface area contributed by atoms with Gasteiger partial charge in [-0.25, -0.2) is 8.78 Å². The maximum atomic E-state index is 13.3. The lowest BCUT2D eigenvalue weighted by atomic mass is 9.84. The van der Waals surface area contributed by atoms with Crippen LogP contribution in [0.1, 0.15) is 27.7 Å². The molecular weight excluding hydrogens is 178 g/mol. The van der Waals surface area contributed by atoms with Crippen molar-refractivity contribution in [1.82, 2.24) is 0 Å². The number of alkyl halides is 2. The fraction of sp³-hybridized carbons (Fsp3) is 0.889. The van der Waals surface area contributed by atoms with Crippen LogP contribution in [0.4, 0.5) is 8.78 Å². The lowest BCUT2D eigenvalue weighted by Gasteiger charge is -2.29. The zero-order valence-electron chi connectivity index (χ0n) is 8.34. The molecule has 0 heterocycles. The van der Waals surface area contributed by atoms with Gasteiger partial charge in [0.15, 0.2) is 0 Å². The van der Waals surface area contributed by atoms with Gasteiger partial charge in [0, 0.05) is 5.92 Å². The smallest absolute Gasteiger partial charge is 0.312 e. The fourth-order valence-corrected chi connectivity index (χ4v) is 1.25. The highest BCUT2D eigenvalue weighted by molar-refractivity contribution is 5.71. The van der Waals surface area contributed by atoms with Crippen LogP contribution >= 0.6 is 0 Å². The highest BCUT2D eigenvalue weighted by atomic mass is 19.3. The summed E-state index contributed by atoms with van der Waals surface area (Å²) in [6.07, 6.45) is 0. The maximum Gasteiger partial charge on any atom is 0.312 e. The van der Waals surface area contributed by atoms with E-state index in [1.807, 2.05) is 0 Å². The van der Waals surface area contributed by atoms with E-state index in [1.165, 1.54) is 27.7 Å². The molecule has 0 aromatic heterocycles. The molecule has 0 aliphatic rings. The summed E-state index contributed by atoms with van der Waals surface area (Å²) in [5, 5.41) is 8.65. The first kappa shape index (κ1) is 12.3. The first-order chi connectivity index (χ1) is 5.71. The SMILES string of the molecule is CC(C)C(C(=O)O)C(F)(F)C(C)C. The summed E-state index contributed by atoms with van der Waals surface area (Å²) in [7, 11) is 0. The Morgan fingerprint density at radius 1 is 1.23 bits per heavy atom. The van der Waals surface area contributed by atoms with Gasteiger partial charge >= 0.3 is 5.97 Å². The number of halogens is 2. The topological polar surface area (TPSA) is 37.3 Å². The van der Waals surface area contributed by atoms with Gasteiger partial charge in [-0.1, -0.05) is 27.7 Å². The second-order valence-corrected chi connectivity index (χ2v) is 3.89. The van der Waals surface area contributed by atoms with Gasteiger partial charge < -0.3 is 5.11 Å². The van der Waals surface area contributed by atoms with Gasteiger partial charge in [-0.3, -0.25) is 4.79 Å². The van der Waals surface area contributed by atoms with Gasteiger partial charge in [-0.2, -0.15) is 0 Å². The Morgan fingerprint density at radius 2 is 1.62 bits per heavy atom. The van der Waals surface area contributed by atoms with Crippen LogP contribution in [0.3, 0.4) is 0 Å². The van der Waals surface area contributed by atoms with Crippen molar-refractivity contribution in [1.29, 1.82) is 0 Å². The maximum absolute atomic E-state index is 13.3. The Balaban J connectivity index is 4.83. The van der Waals surface area contributed by atoms with E-state index in [4.69, 9.17) is 5.11 Å². The van der Waals surface area contributed by atoms with Gasteiger partial charge in [0.1, 0.15) is 5.92 Å².